The van der Waals surface area contributed by atoms with Gasteiger partial charge in [0.05, 0.1) is 11.9 Å². The zero-order chi connectivity index (χ0) is 13.8. The predicted molar refractivity (Wildman–Crippen MR) is 71.3 cm³/mol. The average molecular weight is 262 g/mol. The number of aromatic nitrogens is 2. The number of benzene rings is 1. The Morgan fingerprint density at radius 3 is 2.84 bits per heavy atom. The molecule has 0 fully saturated rings. The van der Waals surface area contributed by atoms with Gasteiger partial charge in [0, 0.05) is 18.9 Å². The third kappa shape index (κ3) is 3.54. The summed E-state index contributed by atoms with van der Waals surface area (Å²) in [5.74, 6) is -0.625. The van der Waals surface area contributed by atoms with Crippen molar-refractivity contribution in [2.24, 2.45) is 7.05 Å². The monoisotopic (exact) mass is 262 g/mol. The van der Waals surface area contributed by atoms with Crippen LogP contribution in [0.1, 0.15) is 6.92 Å². The highest BCUT2D eigenvalue weighted by atomic mass is 19.1. The maximum absolute atomic E-state index is 13.0. The van der Waals surface area contributed by atoms with Gasteiger partial charge in [-0.05, 0) is 25.1 Å². The highest BCUT2D eigenvalue weighted by molar-refractivity contribution is 5.96. The number of hydrogen-bond donors (Lipinski definition) is 2. The first-order valence-corrected chi connectivity index (χ1v) is 5.86. The van der Waals surface area contributed by atoms with E-state index >= 15 is 0 Å². The standard InChI is InChI=1S/C13H15FN4O/c1-9(16-12-7-15-18(2)8-12)13(19)17-11-5-3-4-10(14)6-11/h3-9,16H,1-2H3,(H,17,19)/t9-/m0/s1. The third-order valence-corrected chi connectivity index (χ3v) is 2.57. The minimum Gasteiger partial charge on any atom is -0.371 e. The van der Waals surface area contributed by atoms with Crippen molar-refractivity contribution in [2.45, 2.75) is 13.0 Å². The van der Waals surface area contributed by atoms with Gasteiger partial charge in [-0.25, -0.2) is 4.39 Å². The van der Waals surface area contributed by atoms with Crippen LogP contribution >= 0.6 is 0 Å². The van der Waals surface area contributed by atoms with Crippen molar-refractivity contribution >= 4 is 17.3 Å². The molecule has 1 aromatic heterocycles. The van der Waals surface area contributed by atoms with Gasteiger partial charge in [-0.2, -0.15) is 5.10 Å². The number of carbonyl (C=O) groups is 1. The molecular weight excluding hydrogens is 247 g/mol. The summed E-state index contributed by atoms with van der Waals surface area (Å²) in [6.07, 6.45) is 3.40. The Bertz CT molecular complexity index is 582. The highest BCUT2D eigenvalue weighted by Gasteiger charge is 2.13. The molecule has 2 rings (SSSR count). The number of anilines is 2. The summed E-state index contributed by atoms with van der Waals surface area (Å²) in [6, 6.07) is 5.33. The molecule has 6 heteroatoms. The van der Waals surface area contributed by atoms with E-state index in [0.717, 1.165) is 5.69 Å². The summed E-state index contributed by atoms with van der Waals surface area (Å²) in [4.78, 5) is 11.9. The second kappa shape index (κ2) is 5.51. The van der Waals surface area contributed by atoms with Crippen molar-refractivity contribution in [3.63, 3.8) is 0 Å². The predicted octanol–water partition coefficient (Wildman–Crippen LogP) is 2.00. The van der Waals surface area contributed by atoms with Crippen LogP contribution in [0.25, 0.3) is 0 Å². The van der Waals surface area contributed by atoms with Crippen LogP contribution in [0.5, 0.6) is 0 Å². The quantitative estimate of drug-likeness (QED) is 0.886. The van der Waals surface area contributed by atoms with Crippen LogP contribution in [0.15, 0.2) is 36.7 Å². The third-order valence-electron chi connectivity index (χ3n) is 2.57. The molecule has 0 saturated heterocycles. The molecule has 2 aromatic rings. The minimum atomic E-state index is -0.451. The first-order valence-electron chi connectivity index (χ1n) is 5.86. The molecule has 0 unspecified atom stereocenters. The molecule has 1 amide bonds. The van der Waals surface area contributed by atoms with Crippen LogP contribution in [-0.2, 0) is 11.8 Å². The Morgan fingerprint density at radius 1 is 1.42 bits per heavy atom. The number of nitrogens with one attached hydrogen (secondary N) is 2. The van der Waals surface area contributed by atoms with Crippen molar-refractivity contribution in [3.8, 4) is 0 Å². The number of rotatable bonds is 4. The van der Waals surface area contributed by atoms with Crippen LogP contribution in [0, 0.1) is 5.82 Å². The molecule has 1 atom stereocenters. The van der Waals surface area contributed by atoms with Crippen LogP contribution in [0.2, 0.25) is 0 Å². The van der Waals surface area contributed by atoms with Crippen LogP contribution < -0.4 is 10.6 Å². The molecular formula is C13H15FN4O. The average Bonchev–Trinajstić information content (AvgIpc) is 2.74. The lowest BCUT2D eigenvalue weighted by atomic mass is 10.2. The fraction of sp³-hybridized carbons (Fsp3) is 0.231. The van der Waals surface area contributed by atoms with Gasteiger partial charge in [-0.3, -0.25) is 9.48 Å². The van der Waals surface area contributed by atoms with Crippen LogP contribution in [0.3, 0.4) is 0 Å². The van der Waals surface area contributed by atoms with Crippen molar-refractivity contribution in [2.75, 3.05) is 10.6 Å². The van der Waals surface area contributed by atoms with E-state index in [4.69, 9.17) is 0 Å². The Balaban J connectivity index is 1.96. The molecule has 1 heterocycles. The van der Waals surface area contributed by atoms with Crippen molar-refractivity contribution < 1.29 is 9.18 Å². The summed E-state index contributed by atoms with van der Waals surface area (Å²) in [5.41, 5.74) is 1.19. The molecule has 100 valence electrons. The molecule has 0 aliphatic heterocycles. The topological polar surface area (TPSA) is 59.0 Å². The number of aryl methyl sites for hydroxylation is 1. The highest BCUT2D eigenvalue weighted by Crippen LogP contribution is 2.11. The fourth-order valence-electron chi connectivity index (χ4n) is 1.63. The molecule has 0 aliphatic rings. The van der Waals surface area contributed by atoms with Crippen LogP contribution in [-0.4, -0.2) is 21.7 Å². The second-order valence-electron chi connectivity index (χ2n) is 4.27. The number of carbonyl (C=O) groups excluding carboxylic acids is 1. The summed E-state index contributed by atoms with van der Waals surface area (Å²) < 4.78 is 14.6. The van der Waals surface area contributed by atoms with Crippen molar-refractivity contribution in [3.05, 3.63) is 42.5 Å². The van der Waals surface area contributed by atoms with Gasteiger partial charge >= 0.3 is 0 Å². The molecule has 5 nitrogen and oxygen atoms in total. The lowest BCUT2D eigenvalue weighted by molar-refractivity contribution is -0.116. The van der Waals surface area contributed by atoms with Gasteiger partial charge in [0.15, 0.2) is 0 Å². The molecule has 0 saturated carbocycles. The summed E-state index contributed by atoms with van der Waals surface area (Å²) >= 11 is 0. The number of hydrogen-bond acceptors (Lipinski definition) is 3. The van der Waals surface area contributed by atoms with E-state index in [1.54, 1.807) is 43.2 Å². The SMILES string of the molecule is C[C@H](Nc1cnn(C)c1)C(=O)Nc1cccc(F)c1. The lowest BCUT2D eigenvalue weighted by Gasteiger charge is -2.13. The number of amides is 1. The summed E-state index contributed by atoms with van der Waals surface area (Å²) in [6.45, 7) is 1.72. The molecule has 1 aromatic carbocycles. The fourth-order valence-corrected chi connectivity index (χ4v) is 1.63. The van der Waals surface area contributed by atoms with Gasteiger partial charge < -0.3 is 10.6 Å². The van der Waals surface area contributed by atoms with E-state index in [1.807, 2.05) is 0 Å². The molecule has 0 radical (unpaired) electrons. The maximum atomic E-state index is 13.0. The Kier molecular flexibility index (Phi) is 3.79. The summed E-state index contributed by atoms with van der Waals surface area (Å²) in [7, 11) is 1.79. The van der Waals surface area contributed by atoms with Crippen molar-refractivity contribution in [1.82, 2.24) is 9.78 Å². The first kappa shape index (κ1) is 13.1. The molecule has 19 heavy (non-hydrogen) atoms. The Labute approximate surface area is 110 Å². The molecule has 0 aliphatic carbocycles. The summed E-state index contributed by atoms with van der Waals surface area (Å²) in [5, 5.41) is 9.65. The van der Waals surface area contributed by atoms with Gasteiger partial charge in [0.25, 0.3) is 0 Å². The van der Waals surface area contributed by atoms with E-state index in [9.17, 15) is 9.18 Å². The van der Waals surface area contributed by atoms with E-state index in [2.05, 4.69) is 15.7 Å². The van der Waals surface area contributed by atoms with Gasteiger partial charge in [-0.15, -0.1) is 0 Å². The van der Waals surface area contributed by atoms with E-state index in [0.29, 0.717) is 5.69 Å². The van der Waals surface area contributed by atoms with E-state index < -0.39 is 6.04 Å². The van der Waals surface area contributed by atoms with E-state index in [1.165, 1.54) is 12.1 Å². The molecule has 0 spiro atoms. The normalized spacial score (nSPS) is 11.9. The van der Waals surface area contributed by atoms with Gasteiger partial charge in [0.2, 0.25) is 5.91 Å². The number of halogens is 1. The minimum absolute atomic E-state index is 0.241. The zero-order valence-electron chi connectivity index (χ0n) is 10.7. The maximum Gasteiger partial charge on any atom is 0.246 e. The lowest BCUT2D eigenvalue weighted by Crippen LogP contribution is -2.31. The van der Waals surface area contributed by atoms with Crippen LogP contribution in [0.4, 0.5) is 15.8 Å². The largest absolute Gasteiger partial charge is 0.371 e. The van der Waals surface area contributed by atoms with E-state index in [-0.39, 0.29) is 11.7 Å². The number of nitrogens with zero attached hydrogens (tertiary/aromatic N) is 2. The zero-order valence-corrected chi connectivity index (χ0v) is 10.7. The van der Waals surface area contributed by atoms with Gasteiger partial charge in [0.1, 0.15) is 11.9 Å². The molecule has 2 N–H and O–H groups in total. The van der Waals surface area contributed by atoms with Crippen molar-refractivity contribution in [1.29, 1.82) is 0 Å². The Hall–Kier alpha value is -2.37. The Morgan fingerprint density at radius 2 is 2.21 bits per heavy atom. The van der Waals surface area contributed by atoms with Gasteiger partial charge in [-0.1, -0.05) is 6.07 Å². The molecule has 0 bridgehead atoms. The smallest absolute Gasteiger partial charge is 0.246 e. The first-order chi connectivity index (χ1) is 9.04. The second-order valence-corrected chi connectivity index (χ2v) is 4.27.